The Hall–Kier alpha value is -0.340. The van der Waals surface area contributed by atoms with Crippen LogP contribution < -0.4 is 0 Å². The number of aliphatic hydroxyl groups excluding tert-OH is 1. The molecule has 0 bridgehead atoms. The van der Waals surface area contributed by atoms with Gasteiger partial charge in [-0.3, -0.25) is 0 Å². The Morgan fingerprint density at radius 1 is 1.62 bits per heavy atom. The van der Waals surface area contributed by atoms with Crippen molar-refractivity contribution >= 4 is 0 Å². The maximum absolute atomic E-state index is 8.43. The molecule has 0 heterocycles. The van der Waals surface area contributed by atoms with Crippen LogP contribution in [-0.4, -0.2) is 24.9 Å². The molecular formula is C6H14O2. The Kier molecular flexibility index (Phi) is 13.0. The van der Waals surface area contributed by atoms with Gasteiger partial charge in [0.15, 0.2) is 0 Å². The van der Waals surface area contributed by atoms with E-state index in [1.165, 1.54) is 0 Å². The molecule has 1 N–H and O–H groups in total. The molecule has 0 aromatic carbocycles. The number of methoxy groups -OCH3 is 1. The smallest absolute Gasteiger partial charge is 0.0745 e. The van der Waals surface area contributed by atoms with E-state index in [4.69, 9.17) is 5.11 Å². The zero-order valence-electron chi connectivity index (χ0n) is 5.55. The van der Waals surface area contributed by atoms with Crippen molar-refractivity contribution in [2.45, 2.75) is 13.0 Å². The number of aliphatic hydroxyl groups is 1. The highest BCUT2D eigenvalue weighted by Gasteiger charge is 1.87. The van der Waals surface area contributed by atoms with Crippen LogP contribution in [0.15, 0.2) is 13.2 Å². The molecule has 0 saturated heterocycles. The molecule has 0 saturated carbocycles. The summed E-state index contributed by atoms with van der Waals surface area (Å²) in [4.78, 5) is 0. The summed E-state index contributed by atoms with van der Waals surface area (Å²) in [6.07, 6.45) is -0.324. The van der Waals surface area contributed by atoms with Crippen LogP contribution in [-0.2, 0) is 4.74 Å². The fourth-order valence-corrected chi connectivity index (χ4v) is 0.241. The quantitative estimate of drug-likeness (QED) is 0.544. The lowest BCUT2D eigenvalue weighted by Crippen LogP contribution is -2.07. The molecule has 1 unspecified atom stereocenters. The monoisotopic (exact) mass is 118 g/mol. The van der Waals surface area contributed by atoms with Gasteiger partial charge in [-0.1, -0.05) is 0 Å². The predicted molar refractivity (Wildman–Crippen MR) is 34.8 cm³/mol. The van der Waals surface area contributed by atoms with Gasteiger partial charge in [-0.15, -0.1) is 13.2 Å². The second-order valence-corrected chi connectivity index (χ2v) is 1.30. The summed E-state index contributed by atoms with van der Waals surface area (Å²) in [5, 5.41) is 8.43. The van der Waals surface area contributed by atoms with Crippen LogP contribution in [0.4, 0.5) is 0 Å². The third-order valence-corrected chi connectivity index (χ3v) is 0.408. The van der Waals surface area contributed by atoms with E-state index in [2.05, 4.69) is 17.9 Å². The fourth-order valence-electron chi connectivity index (χ4n) is 0.241. The summed E-state index contributed by atoms with van der Waals surface area (Å²) in [5.74, 6) is 0. The van der Waals surface area contributed by atoms with Crippen molar-refractivity contribution in [2.75, 3.05) is 13.7 Å². The van der Waals surface area contributed by atoms with Crippen molar-refractivity contribution < 1.29 is 9.84 Å². The molecule has 0 radical (unpaired) electrons. The van der Waals surface area contributed by atoms with Gasteiger partial charge >= 0.3 is 0 Å². The minimum absolute atomic E-state index is 0.324. The molecule has 0 aliphatic rings. The zero-order valence-corrected chi connectivity index (χ0v) is 5.55. The first-order valence-electron chi connectivity index (χ1n) is 2.44. The van der Waals surface area contributed by atoms with Gasteiger partial charge < -0.3 is 9.84 Å². The maximum Gasteiger partial charge on any atom is 0.0745 e. The summed E-state index contributed by atoms with van der Waals surface area (Å²) in [5.41, 5.74) is 0. The number of ether oxygens (including phenoxy) is 1. The first-order valence-corrected chi connectivity index (χ1v) is 2.44. The summed E-state index contributed by atoms with van der Waals surface area (Å²) in [6, 6.07) is 0. The molecular weight excluding hydrogens is 104 g/mol. The van der Waals surface area contributed by atoms with Gasteiger partial charge in [-0.05, 0) is 6.92 Å². The first kappa shape index (κ1) is 10.6. The van der Waals surface area contributed by atoms with E-state index >= 15 is 0 Å². The highest BCUT2D eigenvalue weighted by Crippen LogP contribution is 1.75. The summed E-state index contributed by atoms with van der Waals surface area (Å²) in [7, 11) is 1.56. The van der Waals surface area contributed by atoms with Gasteiger partial charge in [0.2, 0.25) is 0 Å². The summed E-state index contributed by atoms with van der Waals surface area (Å²) in [6.45, 7) is 8.11. The van der Waals surface area contributed by atoms with Crippen LogP contribution in [0.2, 0.25) is 0 Å². The highest BCUT2D eigenvalue weighted by molar-refractivity contribution is 4.36. The van der Waals surface area contributed by atoms with Crippen molar-refractivity contribution in [3.05, 3.63) is 13.2 Å². The average Bonchev–Trinajstić information content (AvgIpc) is 1.72. The van der Waals surface area contributed by atoms with Gasteiger partial charge in [-0.25, -0.2) is 0 Å². The molecule has 8 heavy (non-hydrogen) atoms. The van der Waals surface area contributed by atoms with E-state index < -0.39 is 0 Å². The summed E-state index contributed by atoms with van der Waals surface area (Å²) < 4.78 is 4.55. The van der Waals surface area contributed by atoms with Gasteiger partial charge in [0.1, 0.15) is 0 Å². The van der Waals surface area contributed by atoms with Crippen LogP contribution in [0.25, 0.3) is 0 Å². The summed E-state index contributed by atoms with van der Waals surface area (Å²) >= 11 is 0. The highest BCUT2D eigenvalue weighted by atomic mass is 16.5. The van der Waals surface area contributed by atoms with Gasteiger partial charge in [0.25, 0.3) is 0 Å². The normalized spacial score (nSPS) is 11.4. The van der Waals surface area contributed by atoms with Crippen molar-refractivity contribution in [3.63, 3.8) is 0 Å². The predicted octanol–water partition coefficient (Wildman–Crippen LogP) is 0.816. The molecule has 0 spiro atoms. The van der Waals surface area contributed by atoms with E-state index in [-0.39, 0.29) is 6.10 Å². The van der Waals surface area contributed by atoms with Crippen LogP contribution in [0.1, 0.15) is 6.92 Å². The molecule has 0 aliphatic heterocycles. The number of hydrogen-bond donors (Lipinski definition) is 1. The van der Waals surface area contributed by atoms with Crippen molar-refractivity contribution in [1.29, 1.82) is 0 Å². The lowest BCUT2D eigenvalue weighted by Gasteiger charge is -1.97. The second kappa shape index (κ2) is 9.83. The number of hydrogen-bond acceptors (Lipinski definition) is 2. The molecule has 1 atom stereocenters. The molecule has 0 aromatic heterocycles. The van der Waals surface area contributed by atoms with Gasteiger partial charge in [0.05, 0.1) is 12.7 Å². The van der Waals surface area contributed by atoms with Crippen LogP contribution in [0.3, 0.4) is 0 Å². The Morgan fingerprint density at radius 3 is 2.00 bits per heavy atom. The molecule has 0 aliphatic carbocycles. The van der Waals surface area contributed by atoms with Crippen molar-refractivity contribution in [1.82, 2.24) is 0 Å². The molecule has 0 amide bonds. The number of rotatable bonds is 2. The standard InChI is InChI=1S/C4H10O2.C2H4/c1-4(5)3-6-2;1-2/h4-5H,3H2,1-2H3;1-2H2. The van der Waals surface area contributed by atoms with E-state index in [9.17, 15) is 0 Å². The molecule has 0 aromatic rings. The molecule has 50 valence electrons. The van der Waals surface area contributed by atoms with E-state index in [0.29, 0.717) is 6.61 Å². The third-order valence-electron chi connectivity index (χ3n) is 0.408. The Morgan fingerprint density at radius 2 is 2.00 bits per heavy atom. The molecule has 0 rings (SSSR count). The average molecular weight is 118 g/mol. The maximum atomic E-state index is 8.43. The van der Waals surface area contributed by atoms with Gasteiger partial charge in [0, 0.05) is 7.11 Å². The molecule has 2 heteroatoms. The fraction of sp³-hybridized carbons (Fsp3) is 0.667. The largest absolute Gasteiger partial charge is 0.391 e. The van der Waals surface area contributed by atoms with Crippen molar-refractivity contribution in [3.8, 4) is 0 Å². The third kappa shape index (κ3) is 17.4. The lowest BCUT2D eigenvalue weighted by molar-refractivity contribution is 0.0765. The molecule has 2 nitrogen and oxygen atoms in total. The molecule has 0 fully saturated rings. The van der Waals surface area contributed by atoms with Crippen LogP contribution in [0.5, 0.6) is 0 Å². The van der Waals surface area contributed by atoms with Crippen molar-refractivity contribution in [2.24, 2.45) is 0 Å². The van der Waals surface area contributed by atoms with E-state index in [1.54, 1.807) is 14.0 Å². The van der Waals surface area contributed by atoms with Crippen LogP contribution in [0, 0.1) is 0 Å². The minimum atomic E-state index is -0.324. The minimum Gasteiger partial charge on any atom is -0.391 e. The zero-order chi connectivity index (χ0) is 6.99. The second-order valence-electron chi connectivity index (χ2n) is 1.30. The SMILES string of the molecule is C=C.COCC(C)O. The van der Waals surface area contributed by atoms with Gasteiger partial charge in [-0.2, -0.15) is 0 Å². The Labute approximate surface area is 50.8 Å². The van der Waals surface area contributed by atoms with E-state index in [1.807, 2.05) is 0 Å². The Balaban J connectivity index is 0. The van der Waals surface area contributed by atoms with E-state index in [0.717, 1.165) is 0 Å². The first-order chi connectivity index (χ1) is 3.77. The lowest BCUT2D eigenvalue weighted by atomic mass is 10.5. The Bertz CT molecular complexity index is 35.5. The van der Waals surface area contributed by atoms with Crippen LogP contribution >= 0.6 is 0 Å². The topological polar surface area (TPSA) is 29.5 Å².